The molecular weight excluding hydrogens is 394 g/mol. The molecule has 4 rings (SSSR count). The van der Waals surface area contributed by atoms with Gasteiger partial charge in [-0.05, 0) is 77.4 Å². The van der Waals surface area contributed by atoms with E-state index in [1.165, 1.54) is 27.8 Å². The number of halogens is 1. The van der Waals surface area contributed by atoms with Gasteiger partial charge < -0.3 is 5.11 Å². The molecule has 4 heteroatoms. The van der Waals surface area contributed by atoms with Gasteiger partial charge in [0.15, 0.2) is 0 Å². The molecule has 0 amide bonds. The summed E-state index contributed by atoms with van der Waals surface area (Å²) in [6, 6.07) is 16.4. The van der Waals surface area contributed by atoms with Crippen molar-refractivity contribution in [3.63, 3.8) is 0 Å². The Morgan fingerprint density at radius 3 is 2.30 bits per heavy atom. The average Bonchev–Trinajstić information content (AvgIpc) is 3.11. The van der Waals surface area contributed by atoms with E-state index in [1.807, 2.05) is 18.2 Å². The largest absolute Gasteiger partial charge is 0.481 e. The molecule has 0 saturated heterocycles. The van der Waals surface area contributed by atoms with Gasteiger partial charge in [0.2, 0.25) is 0 Å². The molecule has 1 N–H and O–H groups in total. The molecule has 3 aromatic rings. The second kappa shape index (κ2) is 8.25. The Bertz CT molecular complexity index is 1120. The summed E-state index contributed by atoms with van der Waals surface area (Å²) in [6.45, 7) is 8.80. The normalized spacial score (nSPS) is 13.5. The van der Waals surface area contributed by atoms with Gasteiger partial charge in [0.25, 0.3) is 0 Å². The molecule has 3 nitrogen and oxygen atoms in total. The molecular formula is C26H26ClNO2. The zero-order valence-corrected chi connectivity index (χ0v) is 18.4. The molecule has 1 aliphatic rings. The van der Waals surface area contributed by atoms with Crippen LogP contribution in [0.3, 0.4) is 0 Å². The zero-order valence-electron chi connectivity index (χ0n) is 17.6. The van der Waals surface area contributed by atoms with Crippen molar-refractivity contribution in [1.82, 2.24) is 4.90 Å². The number of fused-ring (bicyclic) bond motifs is 1. The molecule has 0 aliphatic carbocycles. The zero-order chi connectivity index (χ0) is 21.4. The number of rotatable bonds is 5. The van der Waals surface area contributed by atoms with Crippen LogP contribution in [0.15, 0.2) is 48.5 Å². The molecule has 30 heavy (non-hydrogen) atoms. The fraction of sp³-hybridized carbons (Fsp3) is 0.269. The predicted molar refractivity (Wildman–Crippen MR) is 122 cm³/mol. The number of hydrogen-bond acceptors (Lipinski definition) is 2. The van der Waals surface area contributed by atoms with Gasteiger partial charge in [-0.15, -0.1) is 0 Å². The van der Waals surface area contributed by atoms with Crippen LogP contribution in [0.25, 0.3) is 11.1 Å². The molecule has 1 aliphatic heterocycles. The van der Waals surface area contributed by atoms with Crippen LogP contribution < -0.4 is 0 Å². The number of carboxylic acid groups (broad SMARTS) is 1. The maximum atomic E-state index is 11.7. The summed E-state index contributed by atoms with van der Waals surface area (Å²) in [5, 5.41) is 10.3. The van der Waals surface area contributed by atoms with E-state index in [0.717, 1.165) is 46.9 Å². The third-order valence-corrected chi connectivity index (χ3v) is 6.36. The molecule has 0 spiro atoms. The van der Waals surface area contributed by atoms with E-state index in [9.17, 15) is 9.90 Å². The summed E-state index contributed by atoms with van der Waals surface area (Å²) in [6.07, 6.45) is 0.0391. The Kier molecular flexibility index (Phi) is 5.68. The summed E-state index contributed by atoms with van der Waals surface area (Å²) in [5.41, 5.74) is 10.4. The molecule has 0 fully saturated rings. The average molecular weight is 420 g/mol. The van der Waals surface area contributed by atoms with Gasteiger partial charge in [-0.3, -0.25) is 9.69 Å². The maximum absolute atomic E-state index is 11.7. The smallest absolute Gasteiger partial charge is 0.307 e. The monoisotopic (exact) mass is 419 g/mol. The summed E-state index contributed by atoms with van der Waals surface area (Å²) in [4.78, 5) is 14.1. The van der Waals surface area contributed by atoms with Crippen molar-refractivity contribution in [1.29, 1.82) is 0 Å². The molecule has 0 radical (unpaired) electrons. The Hall–Kier alpha value is -2.62. The minimum atomic E-state index is -0.792. The van der Waals surface area contributed by atoms with Crippen LogP contribution >= 0.6 is 11.6 Å². The third-order valence-electron chi connectivity index (χ3n) is 6.13. The van der Waals surface area contributed by atoms with E-state index in [4.69, 9.17) is 11.6 Å². The SMILES string of the molecule is Cc1ccc(-c2c(C)c3c(c(C)c2CC(=O)O)CN(Cc2cccc(Cl)c2)C3)cc1. The van der Waals surface area contributed by atoms with E-state index >= 15 is 0 Å². The lowest BCUT2D eigenvalue weighted by molar-refractivity contribution is -0.136. The molecule has 0 unspecified atom stereocenters. The standard InChI is InChI=1S/C26H26ClNO2/c1-16-7-9-20(10-8-16)26-18(3)24-15-28(13-19-5-4-6-21(27)11-19)14-23(24)17(2)22(26)12-25(29)30/h4-11H,12-15H2,1-3H3,(H,29,30). The van der Waals surface area contributed by atoms with Crippen molar-refractivity contribution in [2.45, 2.75) is 46.8 Å². The van der Waals surface area contributed by atoms with Gasteiger partial charge in [0.05, 0.1) is 6.42 Å². The van der Waals surface area contributed by atoms with Crippen LogP contribution in [0.4, 0.5) is 0 Å². The highest BCUT2D eigenvalue weighted by Gasteiger charge is 2.28. The van der Waals surface area contributed by atoms with E-state index in [2.05, 4.69) is 56.0 Å². The first kappa shape index (κ1) is 20.6. The molecule has 0 bridgehead atoms. The van der Waals surface area contributed by atoms with Gasteiger partial charge in [-0.25, -0.2) is 0 Å². The highest BCUT2D eigenvalue weighted by molar-refractivity contribution is 6.30. The van der Waals surface area contributed by atoms with Crippen LogP contribution in [0.5, 0.6) is 0 Å². The number of carboxylic acids is 1. The summed E-state index contributed by atoms with van der Waals surface area (Å²) < 4.78 is 0. The van der Waals surface area contributed by atoms with E-state index in [-0.39, 0.29) is 6.42 Å². The second-order valence-electron chi connectivity index (χ2n) is 8.27. The Morgan fingerprint density at radius 2 is 1.67 bits per heavy atom. The van der Waals surface area contributed by atoms with Crippen LogP contribution in [-0.2, 0) is 30.8 Å². The number of aliphatic carboxylic acids is 1. The van der Waals surface area contributed by atoms with Crippen LogP contribution in [0.1, 0.15) is 38.9 Å². The summed E-state index contributed by atoms with van der Waals surface area (Å²) in [7, 11) is 0. The number of hydrogen-bond donors (Lipinski definition) is 1. The first-order valence-electron chi connectivity index (χ1n) is 10.2. The minimum absolute atomic E-state index is 0.0391. The van der Waals surface area contributed by atoms with Crippen molar-refractivity contribution in [2.75, 3.05) is 0 Å². The van der Waals surface area contributed by atoms with Gasteiger partial charge in [-0.1, -0.05) is 53.6 Å². The number of benzene rings is 3. The van der Waals surface area contributed by atoms with Crippen LogP contribution in [-0.4, -0.2) is 16.0 Å². The topological polar surface area (TPSA) is 40.5 Å². The quantitative estimate of drug-likeness (QED) is 0.545. The van der Waals surface area contributed by atoms with E-state index in [1.54, 1.807) is 0 Å². The second-order valence-corrected chi connectivity index (χ2v) is 8.71. The van der Waals surface area contributed by atoms with Gasteiger partial charge in [0, 0.05) is 24.7 Å². The maximum Gasteiger partial charge on any atom is 0.307 e. The highest BCUT2D eigenvalue weighted by atomic mass is 35.5. The number of nitrogens with zero attached hydrogens (tertiary/aromatic N) is 1. The van der Waals surface area contributed by atoms with E-state index < -0.39 is 5.97 Å². The van der Waals surface area contributed by atoms with Gasteiger partial charge >= 0.3 is 5.97 Å². The molecule has 3 aromatic carbocycles. The fourth-order valence-corrected chi connectivity index (χ4v) is 4.83. The highest BCUT2D eigenvalue weighted by Crippen LogP contribution is 2.40. The summed E-state index contributed by atoms with van der Waals surface area (Å²) >= 11 is 6.16. The lowest BCUT2D eigenvalue weighted by Crippen LogP contribution is -2.15. The fourth-order valence-electron chi connectivity index (χ4n) is 4.62. The van der Waals surface area contributed by atoms with Crippen molar-refractivity contribution in [3.05, 3.63) is 92.5 Å². The van der Waals surface area contributed by atoms with Crippen molar-refractivity contribution in [3.8, 4) is 11.1 Å². The molecule has 0 aromatic heterocycles. The van der Waals surface area contributed by atoms with Crippen molar-refractivity contribution in [2.24, 2.45) is 0 Å². The van der Waals surface area contributed by atoms with E-state index in [0.29, 0.717) is 0 Å². The van der Waals surface area contributed by atoms with Crippen LogP contribution in [0, 0.1) is 20.8 Å². The lowest BCUT2D eigenvalue weighted by atomic mass is 9.84. The third kappa shape index (κ3) is 4.00. The Labute approximate surface area is 182 Å². The van der Waals surface area contributed by atoms with Gasteiger partial charge in [0.1, 0.15) is 0 Å². The number of aryl methyl sites for hydroxylation is 1. The molecule has 0 saturated carbocycles. The Morgan fingerprint density at radius 1 is 1.00 bits per heavy atom. The Balaban J connectivity index is 1.77. The minimum Gasteiger partial charge on any atom is -0.481 e. The number of carbonyl (C=O) groups is 1. The van der Waals surface area contributed by atoms with Crippen molar-refractivity contribution >= 4 is 17.6 Å². The first-order valence-corrected chi connectivity index (χ1v) is 10.6. The van der Waals surface area contributed by atoms with Gasteiger partial charge in [-0.2, -0.15) is 0 Å². The lowest BCUT2D eigenvalue weighted by Gasteiger charge is -2.20. The molecule has 1 heterocycles. The van der Waals surface area contributed by atoms with Crippen molar-refractivity contribution < 1.29 is 9.90 Å². The summed E-state index contributed by atoms with van der Waals surface area (Å²) in [5.74, 6) is -0.792. The van der Waals surface area contributed by atoms with Crippen LogP contribution in [0.2, 0.25) is 5.02 Å². The first-order chi connectivity index (χ1) is 14.3. The molecule has 0 atom stereocenters. The molecule has 154 valence electrons. The predicted octanol–water partition coefficient (Wildman–Crippen LogP) is 6.08.